The van der Waals surface area contributed by atoms with Gasteiger partial charge in [-0.3, -0.25) is 0 Å². The van der Waals surface area contributed by atoms with Crippen molar-refractivity contribution >= 4 is 31.3 Å². The molecular formula is C10H11BrO2S. The fraction of sp³-hybridized carbons (Fsp3) is 0.200. The molecule has 2 nitrogen and oxygen atoms in total. The van der Waals surface area contributed by atoms with E-state index in [4.69, 9.17) is 0 Å². The summed E-state index contributed by atoms with van der Waals surface area (Å²) in [6.45, 7) is 1.91. The average molecular weight is 275 g/mol. The van der Waals surface area contributed by atoms with Gasteiger partial charge in [-0.25, -0.2) is 8.42 Å². The van der Waals surface area contributed by atoms with Gasteiger partial charge in [-0.15, -0.1) is 0 Å². The molecule has 0 fully saturated rings. The molecule has 1 aromatic carbocycles. The van der Waals surface area contributed by atoms with Gasteiger partial charge in [0.2, 0.25) is 0 Å². The summed E-state index contributed by atoms with van der Waals surface area (Å²) < 4.78 is 22.5. The molecule has 0 N–H and O–H groups in total. The summed E-state index contributed by atoms with van der Waals surface area (Å²) in [5.74, 6) is 0. The topological polar surface area (TPSA) is 34.1 Å². The first-order chi connectivity index (χ1) is 6.45. The van der Waals surface area contributed by atoms with Crippen LogP contribution in [0.5, 0.6) is 0 Å². The minimum atomic E-state index is -3.11. The minimum absolute atomic E-state index is 0.351. The zero-order chi connectivity index (χ0) is 10.8. The van der Waals surface area contributed by atoms with Gasteiger partial charge in [0, 0.05) is 6.26 Å². The summed E-state index contributed by atoms with van der Waals surface area (Å²) in [7, 11) is -3.11. The normalized spacial score (nSPS) is 12.9. The Balaban J connectivity index is 3.28. The molecule has 0 aromatic heterocycles. The third kappa shape index (κ3) is 2.69. The SMILES string of the molecule is C/C(=C\Br)c1cccc(S(C)(=O)=O)c1. The van der Waals surface area contributed by atoms with E-state index in [1.807, 2.05) is 13.0 Å². The maximum absolute atomic E-state index is 11.3. The Bertz CT molecular complexity index is 461. The van der Waals surface area contributed by atoms with Crippen LogP contribution in [0.4, 0.5) is 0 Å². The van der Waals surface area contributed by atoms with Crippen LogP contribution in [-0.4, -0.2) is 14.7 Å². The lowest BCUT2D eigenvalue weighted by atomic mass is 10.1. The quantitative estimate of drug-likeness (QED) is 0.831. The summed E-state index contributed by atoms with van der Waals surface area (Å²) >= 11 is 3.22. The van der Waals surface area contributed by atoms with Crippen LogP contribution in [0.25, 0.3) is 5.57 Å². The highest BCUT2D eigenvalue weighted by molar-refractivity contribution is 9.11. The zero-order valence-electron chi connectivity index (χ0n) is 7.99. The zero-order valence-corrected chi connectivity index (χ0v) is 10.4. The number of halogens is 1. The Morgan fingerprint density at radius 2 is 2.07 bits per heavy atom. The van der Waals surface area contributed by atoms with Crippen molar-refractivity contribution in [2.24, 2.45) is 0 Å². The van der Waals surface area contributed by atoms with Crippen LogP contribution in [0.1, 0.15) is 12.5 Å². The molecule has 14 heavy (non-hydrogen) atoms. The van der Waals surface area contributed by atoms with Crippen molar-refractivity contribution in [1.29, 1.82) is 0 Å². The van der Waals surface area contributed by atoms with Gasteiger partial charge in [0.25, 0.3) is 0 Å². The first-order valence-corrected chi connectivity index (χ1v) is 6.83. The van der Waals surface area contributed by atoms with Crippen molar-refractivity contribution in [2.45, 2.75) is 11.8 Å². The van der Waals surface area contributed by atoms with Crippen molar-refractivity contribution in [3.8, 4) is 0 Å². The number of benzene rings is 1. The van der Waals surface area contributed by atoms with Gasteiger partial charge in [0.15, 0.2) is 9.84 Å². The lowest BCUT2D eigenvalue weighted by Crippen LogP contribution is -1.97. The lowest BCUT2D eigenvalue weighted by Gasteiger charge is -2.02. The summed E-state index contributed by atoms with van der Waals surface area (Å²) in [6, 6.07) is 6.89. The van der Waals surface area contributed by atoms with Gasteiger partial charge >= 0.3 is 0 Å². The van der Waals surface area contributed by atoms with Gasteiger partial charge in [-0.2, -0.15) is 0 Å². The van der Waals surface area contributed by atoms with Crippen LogP contribution in [-0.2, 0) is 9.84 Å². The fourth-order valence-corrected chi connectivity index (χ4v) is 1.97. The van der Waals surface area contributed by atoms with E-state index >= 15 is 0 Å². The molecule has 0 atom stereocenters. The Hall–Kier alpha value is -0.610. The third-order valence-electron chi connectivity index (χ3n) is 1.88. The van der Waals surface area contributed by atoms with E-state index in [2.05, 4.69) is 15.9 Å². The van der Waals surface area contributed by atoms with Gasteiger partial charge in [0.1, 0.15) is 0 Å². The molecule has 0 spiro atoms. The maximum Gasteiger partial charge on any atom is 0.175 e. The molecule has 76 valence electrons. The minimum Gasteiger partial charge on any atom is -0.224 e. The molecule has 0 saturated carbocycles. The molecule has 1 rings (SSSR count). The van der Waals surface area contributed by atoms with Crippen molar-refractivity contribution in [1.82, 2.24) is 0 Å². The maximum atomic E-state index is 11.3. The van der Waals surface area contributed by atoms with E-state index in [1.165, 1.54) is 6.26 Å². The number of allylic oxidation sites excluding steroid dienone is 1. The monoisotopic (exact) mass is 274 g/mol. The predicted molar refractivity (Wildman–Crippen MR) is 62.1 cm³/mol. The molecular weight excluding hydrogens is 264 g/mol. The summed E-state index contributed by atoms with van der Waals surface area (Å²) in [5, 5.41) is 0. The largest absolute Gasteiger partial charge is 0.224 e. The van der Waals surface area contributed by atoms with Crippen LogP contribution >= 0.6 is 15.9 Å². The van der Waals surface area contributed by atoms with Gasteiger partial charge in [-0.1, -0.05) is 28.1 Å². The fourth-order valence-electron chi connectivity index (χ4n) is 1.04. The van der Waals surface area contributed by atoms with Crippen molar-refractivity contribution in [2.75, 3.05) is 6.26 Å². The molecule has 4 heteroatoms. The molecule has 0 radical (unpaired) electrons. The number of hydrogen-bond acceptors (Lipinski definition) is 2. The van der Waals surface area contributed by atoms with Crippen LogP contribution < -0.4 is 0 Å². The van der Waals surface area contributed by atoms with Crippen LogP contribution in [0, 0.1) is 0 Å². The average Bonchev–Trinajstić information content (AvgIpc) is 2.15. The Labute approximate surface area is 92.7 Å². The molecule has 0 unspecified atom stereocenters. The second-order valence-electron chi connectivity index (χ2n) is 3.09. The van der Waals surface area contributed by atoms with Crippen molar-refractivity contribution < 1.29 is 8.42 Å². The molecule has 0 bridgehead atoms. The van der Waals surface area contributed by atoms with E-state index in [-0.39, 0.29) is 0 Å². The second kappa shape index (κ2) is 4.28. The molecule has 0 saturated heterocycles. The molecule has 0 aliphatic rings. The van der Waals surface area contributed by atoms with Crippen LogP contribution in [0.2, 0.25) is 0 Å². The van der Waals surface area contributed by atoms with Crippen LogP contribution in [0.3, 0.4) is 0 Å². The van der Waals surface area contributed by atoms with E-state index < -0.39 is 9.84 Å². The van der Waals surface area contributed by atoms with E-state index in [0.717, 1.165) is 11.1 Å². The molecule has 0 aliphatic carbocycles. The molecule has 0 heterocycles. The Morgan fingerprint density at radius 1 is 1.43 bits per heavy atom. The highest BCUT2D eigenvalue weighted by Gasteiger charge is 2.07. The standard InChI is InChI=1S/C10H11BrO2S/c1-8(7-11)9-4-3-5-10(6-9)14(2,12)13/h3-7H,1-2H3/b8-7+. The highest BCUT2D eigenvalue weighted by atomic mass is 79.9. The predicted octanol–water partition coefficient (Wildman–Crippen LogP) is 2.85. The van der Waals surface area contributed by atoms with Crippen LogP contribution in [0.15, 0.2) is 34.1 Å². The highest BCUT2D eigenvalue weighted by Crippen LogP contribution is 2.19. The number of hydrogen-bond donors (Lipinski definition) is 0. The third-order valence-corrected chi connectivity index (χ3v) is 3.68. The molecule has 1 aromatic rings. The van der Waals surface area contributed by atoms with Gasteiger partial charge in [-0.05, 0) is 35.2 Å². The lowest BCUT2D eigenvalue weighted by molar-refractivity contribution is 0.602. The Kier molecular flexibility index (Phi) is 3.50. The number of rotatable bonds is 2. The smallest absolute Gasteiger partial charge is 0.175 e. The molecule has 0 amide bonds. The first kappa shape index (κ1) is 11.5. The van der Waals surface area contributed by atoms with Gasteiger partial charge in [0.05, 0.1) is 4.90 Å². The van der Waals surface area contributed by atoms with Crippen molar-refractivity contribution in [3.05, 3.63) is 34.8 Å². The summed E-state index contributed by atoms with van der Waals surface area (Å²) in [5.41, 5.74) is 1.90. The first-order valence-electron chi connectivity index (χ1n) is 4.02. The molecule has 0 aliphatic heterocycles. The summed E-state index contributed by atoms with van der Waals surface area (Å²) in [6.07, 6.45) is 1.21. The van der Waals surface area contributed by atoms with E-state index in [0.29, 0.717) is 4.90 Å². The van der Waals surface area contributed by atoms with Gasteiger partial charge < -0.3 is 0 Å². The second-order valence-corrected chi connectivity index (χ2v) is 5.57. The van der Waals surface area contributed by atoms with E-state index in [1.54, 1.807) is 23.2 Å². The Morgan fingerprint density at radius 3 is 2.57 bits per heavy atom. The van der Waals surface area contributed by atoms with Crippen molar-refractivity contribution in [3.63, 3.8) is 0 Å². The number of sulfone groups is 1. The van der Waals surface area contributed by atoms with E-state index in [9.17, 15) is 8.42 Å². The summed E-state index contributed by atoms with van der Waals surface area (Å²) in [4.78, 5) is 2.12.